The van der Waals surface area contributed by atoms with Gasteiger partial charge in [0, 0.05) is 12.1 Å². The second-order valence-electron chi connectivity index (χ2n) is 5.00. The van der Waals surface area contributed by atoms with E-state index < -0.39 is 0 Å². The molecule has 0 radical (unpaired) electrons. The average Bonchev–Trinajstić information content (AvgIpc) is 2.64. The van der Waals surface area contributed by atoms with Crippen LogP contribution in [0.15, 0.2) is 61.2 Å². The van der Waals surface area contributed by atoms with Gasteiger partial charge in [-0.25, -0.2) is 4.79 Å². The number of hydrogen-bond acceptors (Lipinski definition) is 4. The van der Waals surface area contributed by atoms with Crippen molar-refractivity contribution in [2.75, 3.05) is 13.7 Å². The summed E-state index contributed by atoms with van der Waals surface area (Å²) in [5.41, 5.74) is 1.91. The highest BCUT2D eigenvalue weighted by Gasteiger charge is 2.07. The molecule has 5 nitrogen and oxygen atoms in total. The number of rotatable bonds is 7. The van der Waals surface area contributed by atoms with Crippen molar-refractivity contribution in [1.29, 1.82) is 0 Å². The molecule has 0 aliphatic heterocycles. The maximum absolute atomic E-state index is 12.1. The lowest BCUT2D eigenvalue weighted by molar-refractivity contribution is 0.0600. The van der Waals surface area contributed by atoms with E-state index in [2.05, 4.69) is 16.6 Å². The van der Waals surface area contributed by atoms with Crippen LogP contribution in [0.5, 0.6) is 5.75 Å². The molecule has 2 aromatic rings. The van der Waals surface area contributed by atoms with Crippen molar-refractivity contribution in [3.05, 3.63) is 77.9 Å². The van der Waals surface area contributed by atoms with Gasteiger partial charge in [-0.15, -0.1) is 0 Å². The number of carbonyl (C=O) groups excluding carboxylic acids is 2. The summed E-state index contributed by atoms with van der Waals surface area (Å²) in [5.74, 6) is 0.122. The zero-order valence-electron chi connectivity index (χ0n) is 13.5. The number of benzene rings is 2. The highest BCUT2D eigenvalue weighted by atomic mass is 16.5. The van der Waals surface area contributed by atoms with Gasteiger partial charge >= 0.3 is 5.97 Å². The molecule has 2 rings (SSSR count). The Morgan fingerprint density at radius 1 is 1.04 bits per heavy atom. The Bertz CT molecular complexity index is 705. The van der Waals surface area contributed by atoms with Crippen LogP contribution in [0.1, 0.15) is 26.3 Å². The Balaban J connectivity index is 1.90. The molecule has 0 saturated heterocycles. The highest BCUT2D eigenvalue weighted by molar-refractivity contribution is 5.94. The van der Waals surface area contributed by atoms with Crippen LogP contribution < -0.4 is 10.1 Å². The number of nitrogens with one attached hydrogen (secondary N) is 1. The van der Waals surface area contributed by atoms with Crippen LogP contribution in [0, 0.1) is 0 Å². The molecule has 1 amide bonds. The Morgan fingerprint density at radius 2 is 1.67 bits per heavy atom. The topological polar surface area (TPSA) is 64.6 Å². The van der Waals surface area contributed by atoms with Crippen LogP contribution in [0.25, 0.3) is 0 Å². The largest absolute Gasteiger partial charge is 0.490 e. The quantitative estimate of drug-likeness (QED) is 0.628. The lowest BCUT2D eigenvalue weighted by atomic mass is 10.1. The summed E-state index contributed by atoms with van der Waals surface area (Å²) in [6, 6.07) is 13.8. The van der Waals surface area contributed by atoms with Crippen molar-refractivity contribution < 1.29 is 19.1 Å². The first-order valence-electron chi connectivity index (χ1n) is 7.43. The lowest BCUT2D eigenvalue weighted by Crippen LogP contribution is -2.22. The van der Waals surface area contributed by atoms with Gasteiger partial charge in [-0.2, -0.15) is 0 Å². The third kappa shape index (κ3) is 4.71. The van der Waals surface area contributed by atoms with Gasteiger partial charge in [-0.3, -0.25) is 4.79 Å². The molecule has 5 heteroatoms. The Morgan fingerprint density at radius 3 is 2.25 bits per heavy atom. The van der Waals surface area contributed by atoms with Gasteiger partial charge in [0.05, 0.1) is 12.7 Å². The molecular formula is C19H19NO4. The van der Waals surface area contributed by atoms with Gasteiger partial charge in [0.2, 0.25) is 0 Å². The van der Waals surface area contributed by atoms with E-state index in [1.54, 1.807) is 54.6 Å². The number of hydrogen-bond donors (Lipinski definition) is 1. The van der Waals surface area contributed by atoms with Crippen LogP contribution in [0.4, 0.5) is 0 Å². The molecule has 2 aromatic carbocycles. The maximum atomic E-state index is 12.1. The van der Waals surface area contributed by atoms with Crippen molar-refractivity contribution in [2.45, 2.75) is 6.54 Å². The van der Waals surface area contributed by atoms with E-state index in [4.69, 9.17) is 4.74 Å². The second-order valence-corrected chi connectivity index (χ2v) is 5.00. The first-order chi connectivity index (χ1) is 11.6. The Labute approximate surface area is 140 Å². The third-order valence-electron chi connectivity index (χ3n) is 3.31. The second kappa shape index (κ2) is 8.53. The maximum Gasteiger partial charge on any atom is 0.337 e. The first kappa shape index (κ1) is 17.3. The minimum absolute atomic E-state index is 0.178. The SMILES string of the molecule is C=CCOc1ccc(C(=O)NCc2ccc(C(=O)OC)cc2)cc1. The Kier molecular flexibility index (Phi) is 6.14. The van der Waals surface area contributed by atoms with Crippen LogP contribution in [0.3, 0.4) is 0 Å². The lowest BCUT2D eigenvalue weighted by Gasteiger charge is -2.07. The molecule has 0 aromatic heterocycles. The molecule has 0 fully saturated rings. The van der Waals surface area contributed by atoms with Crippen molar-refractivity contribution in [3.63, 3.8) is 0 Å². The third-order valence-corrected chi connectivity index (χ3v) is 3.31. The highest BCUT2D eigenvalue weighted by Crippen LogP contribution is 2.12. The molecule has 1 N–H and O–H groups in total. The molecule has 124 valence electrons. The van der Waals surface area contributed by atoms with Gasteiger partial charge in [0.1, 0.15) is 12.4 Å². The minimum Gasteiger partial charge on any atom is -0.490 e. The Hall–Kier alpha value is -3.08. The smallest absolute Gasteiger partial charge is 0.337 e. The van der Waals surface area contributed by atoms with E-state index in [1.807, 2.05) is 0 Å². The van der Waals surface area contributed by atoms with Gasteiger partial charge in [0.25, 0.3) is 5.91 Å². The van der Waals surface area contributed by atoms with E-state index in [-0.39, 0.29) is 11.9 Å². The van der Waals surface area contributed by atoms with Crippen molar-refractivity contribution in [2.24, 2.45) is 0 Å². The fourth-order valence-electron chi connectivity index (χ4n) is 2.02. The summed E-state index contributed by atoms with van der Waals surface area (Å²) in [5, 5.41) is 2.83. The molecule has 0 aliphatic carbocycles. The van der Waals surface area contributed by atoms with Gasteiger partial charge < -0.3 is 14.8 Å². The standard InChI is InChI=1S/C19H19NO4/c1-3-12-24-17-10-8-15(9-11-17)18(21)20-13-14-4-6-16(7-5-14)19(22)23-2/h3-11H,1,12-13H2,2H3,(H,20,21). The van der Waals surface area contributed by atoms with Crippen LogP contribution >= 0.6 is 0 Å². The van der Waals surface area contributed by atoms with Gasteiger partial charge in [0.15, 0.2) is 0 Å². The monoisotopic (exact) mass is 325 g/mol. The van der Waals surface area contributed by atoms with E-state index in [0.717, 1.165) is 5.56 Å². The summed E-state index contributed by atoms with van der Waals surface area (Å²) in [4.78, 5) is 23.5. The predicted molar refractivity (Wildman–Crippen MR) is 91.1 cm³/mol. The summed E-state index contributed by atoms with van der Waals surface area (Å²) in [6.07, 6.45) is 1.66. The number of carbonyl (C=O) groups is 2. The summed E-state index contributed by atoms with van der Waals surface area (Å²) in [7, 11) is 1.34. The van der Waals surface area contributed by atoms with Crippen LogP contribution in [-0.2, 0) is 11.3 Å². The molecule has 0 unspecified atom stereocenters. The van der Waals surface area contributed by atoms with Gasteiger partial charge in [-0.05, 0) is 42.0 Å². The molecule has 0 bridgehead atoms. The first-order valence-corrected chi connectivity index (χ1v) is 7.43. The molecule has 0 spiro atoms. The summed E-state index contributed by atoms with van der Waals surface area (Å²) < 4.78 is 10.0. The molecule has 0 atom stereocenters. The van der Waals surface area contributed by atoms with E-state index in [1.165, 1.54) is 7.11 Å². The number of methoxy groups -OCH3 is 1. The zero-order valence-corrected chi connectivity index (χ0v) is 13.5. The summed E-state index contributed by atoms with van der Waals surface area (Å²) >= 11 is 0. The fraction of sp³-hybridized carbons (Fsp3) is 0.158. The zero-order chi connectivity index (χ0) is 17.4. The molecular weight excluding hydrogens is 306 g/mol. The minimum atomic E-state index is -0.385. The molecule has 0 heterocycles. The fourth-order valence-corrected chi connectivity index (χ4v) is 2.02. The molecule has 0 aliphatic rings. The van der Waals surface area contributed by atoms with E-state index in [0.29, 0.717) is 30.0 Å². The van der Waals surface area contributed by atoms with Crippen LogP contribution in [0.2, 0.25) is 0 Å². The predicted octanol–water partition coefficient (Wildman–Crippen LogP) is 2.97. The van der Waals surface area contributed by atoms with Crippen molar-refractivity contribution in [1.82, 2.24) is 5.32 Å². The van der Waals surface area contributed by atoms with Crippen molar-refractivity contribution in [3.8, 4) is 5.75 Å². The van der Waals surface area contributed by atoms with Gasteiger partial charge in [-0.1, -0.05) is 24.8 Å². The summed E-state index contributed by atoms with van der Waals surface area (Å²) in [6.45, 7) is 4.37. The number of ether oxygens (including phenoxy) is 2. The molecule has 24 heavy (non-hydrogen) atoms. The van der Waals surface area contributed by atoms with Crippen LogP contribution in [-0.4, -0.2) is 25.6 Å². The van der Waals surface area contributed by atoms with E-state index >= 15 is 0 Å². The average molecular weight is 325 g/mol. The normalized spacial score (nSPS) is 9.88. The number of amides is 1. The number of esters is 1. The van der Waals surface area contributed by atoms with Crippen molar-refractivity contribution >= 4 is 11.9 Å². The van der Waals surface area contributed by atoms with E-state index in [9.17, 15) is 9.59 Å². The molecule has 0 saturated carbocycles.